The molecule has 1 fully saturated rings. The Labute approximate surface area is 73.7 Å². The van der Waals surface area contributed by atoms with Crippen molar-refractivity contribution in [2.45, 2.75) is 45.2 Å². The van der Waals surface area contributed by atoms with E-state index in [1.807, 2.05) is 6.92 Å². The van der Waals surface area contributed by atoms with Gasteiger partial charge in [0.15, 0.2) is 0 Å². The van der Waals surface area contributed by atoms with Gasteiger partial charge in [-0.3, -0.25) is 4.79 Å². The third-order valence-electron chi connectivity index (χ3n) is 2.68. The maximum Gasteiger partial charge on any atom is 0.240 e. The van der Waals surface area contributed by atoms with Gasteiger partial charge < -0.3 is 11.1 Å². The maximum atomic E-state index is 11.5. The number of rotatable bonds is 3. The lowest BCUT2D eigenvalue weighted by molar-refractivity contribution is -0.126. The van der Waals surface area contributed by atoms with E-state index in [1.165, 1.54) is 0 Å². The zero-order valence-corrected chi connectivity index (χ0v) is 8.05. The first-order valence-corrected chi connectivity index (χ1v) is 4.57. The van der Waals surface area contributed by atoms with E-state index >= 15 is 0 Å². The number of amides is 1. The standard InChI is InChI=1S/C9H18N2O/c1-4-9(3,10)8(12)11-7-5-6(7)2/h6-7H,4-5,10H2,1-3H3,(H,11,12). The van der Waals surface area contributed by atoms with Crippen LogP contribution in [0.2, 0.25) is 0 Å². The molecule has 1 amide bonds. The molecule has 70 valence electrons. The maximum absolute atomic E-state index is 11.5. The van der Waals surface area contributed by atoms with Gasteiger partial charge in [0, 0.05) is 6.04 Å². The molecular formula is C9H18N2O. The predicted molar refractivity (Wildman–Crippen MR) is 48.6 cm³/mol. The van der Waals surface area contributed by atoms with Gasteiger partial charge in [-0.15, -0.1) is 0 Å². The largest absolute Gasteiger partial charge is 0.352 e. The first-order valence-electron chi connectivity index (χ1n) is 4.57. The van der Waals surface area contributed by atoms with Crippen molar-refractivity contribution >= 4 is 5.91 Å². The molecule has 1 aliphatic carbocycles. The molecule has 0 heterocycles. The summed E-state index contributed by atoms with van der Waals surface area (Å²) in [6.07, 6.45) is 1.78. The van der Waals surface area contributed by atoms with Gasteiger partial charge in [0.2, 0.25) is 5.91 Å². The second-order valence-electron chi connectivity index (χ2n) is 4.06. The van der Waals surface area contributed by atoms with E-state index in [1.54, 1.807) is 6.92 Å². The Morgan fingerprint density at radius 2 is 2.25 bits per heavy atom. The highest BCUT2D eigenvalue weighted by Crippen LogP contribution is 2.29. The molecule has 3 atom stereocenters. The summed E-state index contributed by atoms with van der Waals surface area (Å²) in [4.78, 5) is 11.5. The molecule has 1 rings (SSSR count). The van der Waals surface area contributed by atoms with Gasteiger partial charge >= 0.3 is 0 Å². The lowest BCUT2D eigenvalue weighted by Crippen LogP contribution is -2.51. The van der Waals surface area contributed by atoms with E-state index in [-0.39, 0.29) is 5.91 Å². The third kappa shape index (κ3) is 1.97. The molecule has 3 N–H and O–H groups in total. The number of hydrogen-bond donors (Lipinski definition) is 2. The van der Waals surface area contributed by atoms with Crippen LogP contribution in [-0.4, -0.2) is 17.5 Å². The quantitative estimate of drug-likeness (QED) is 0.653. The van der Waals surface area contributed by atoms with Crippen molar-refractivity contribution in [2.75, 3.05) is 0 Å². The van der Waals surface area contributed by atoms with Crippen LogP contribution in [0.3, 0.4) is 0 Å². The van der Waals surface area contributed by atoms with Crippen molar-refractivity contribution < 1.29 is 4.79 Å². The molecule has 12 heavy (non-hydrogen) atoms. The van der Waals surface area contributed by atoms with Crippen molar-refractivity contribution in [3.8, 4) is 0 Å². The van der Waals surface area contributed by atoms with E-state index in [0.717, 1.165) is 6.42 Å². The first kappa shape index (κ1) is 9.52. The Morgan fingerprint density at radius 1 is 1.75 bits per heavy atom. The van der Waals surface area contributed by atoms with Crippen LogP contribution in [0, 0.1) is 5.92 Å². The molecule has 3 nitrogen and oxygen atoms in total. The normalized spacial score (nSPS) is 32.3. The Bertz CT molecular complexity index is 189. The highest BCUT2D eigenvalue weighted by atomic mass is 16.2. The molecule has 0 saturated heterocycles. The molecule has 3 heteroatoms. The van der Waals surface area contributed by atoms with Crippen LogP contribution in [0.4, 0.5) is 0 Å². The summed E-state index contributed by atoms with van der Waals surface area (Å²) in [7, 11) is 0. The van der Waals surface area contributed by atoms with Gasteiger partial charge in [-0.2, -0.15) is 0 Å². The minimum Gasteiger partial charge on any atom is -0.352 e. The van der Waals surface area contributed by atoms with Gasteiger partial charge in [0.05, 0.1) is 5.54 Å². The van der Waals surface area contributed by atoms with Crippen LogP contribution in [0.25, 0.3) is 0 Å². The van der Waals surface area contributed by atoms with E-state index < -0.39 is 5.54 Å². The second-order valence-corrected chi connectivity index (χ2v) is 4.06. The molecule has 0 aromatic heterocycles. The van der Waals surface area contributed by atoms with Gasteiger partial charge in [0.1, 0.15) is 0 Å². The summed E-state index contributed by atoms with van der Waals surface area (Å²) in [5, 5.41) is 2.93. The Balaban J connectivity index is 2.37. The SMILES string of the molecule is CCC(C)(N)C(=O)NC1CC1C. The van der Waals surface area contributed by atoms with Gasteiger partial charge in [0.25, 0.3) is 0 Å². The molecule has 0 aliphatic heterocycles. The third-order valence-corrected chi connectivity index (χ3v) is 2.68. The zero-order chi connectivity index (χ0) is 9.35. The smallest absolute Gasteiger partial charge is 0.240 e. The number of carbonyl (C=O) groups is 1. The van der Waals surface area contributed by atoms with Crippen LogP contribution in [0.1, 0.15) is 33.6 Å². The minimum absolute atomic E-state index is 0.0145. The molecule has 1 aliphatic rings. The molecule has 1 saturated carbocycles. The van der Waals surface area contributed by atoms with Crippen LogP contribution >= 0.6 is 0 Å². The Morgan fingerprint density at radius 3 is 2.58 bits per heavy atom. The molecule has 0 bridgehead atoms. The predicted octanol–water partition coefficient (Wildman–Crippen LogP) is 0.638. The molecule has 0 spiro atoms. The molecule has 0 aromatic rings. The number of carbonyl (C=O) groups excluding carboxylic acids is 1. The zero-order valence-electron chi connectivity index (χ0n) is 8.05. The lowest BCUT2D eigenvalue weighted by atomic mass is 9.99. The van der Waals surface area contributed by atoms with Crippen molar-refractivity contribution in [3.63, 3.8) is 0 Å². The van der Waals surface area contributed by atoms with Crippen LogP contribution in [-0.2, 0) is 4.79 Å². The van der Waals surface area contributed by atoms with Gasteiger partial charge in [-0.25, -0.2) is 0 Å². The van der Waals surface area contributed by atoms with Crippen molar-refractivity contribution in [2.24, 2.45) is 11.7 Å². The van der Waals surface area contributed by atoms with Crippen molar-refractivity contribution in [1.29, 1.82) is 0 Å². The molecular weight excluding hydrogens is 152 g/mol. The van der Waals surface area contributed by atoms with E-state index in [9.17, 15) is 4.79 Å². The number of hydrogen-bond acceptors (Lipinski definition) is 2. The second kappa shape index (κ2) is 3.05. The topological polar surface area (TPSA) is 55.1 Å². The fourth-order valence-corrected chi connectivity index (χ4v) is 1.02. The summed E-state index contributed by atoms with van der Waals surface area (Å²) in [6, 6.07) is 0.381. The molecule has 3 unspecified atom stereocenters. The van der Waals surface area contributed by atoms with E-state index in [4.69, 9.17) is 5.73 Å². The summed E-state index contributed by atoms with van der Waals surface area (Å²) in [5.74, 6) is 0.626. The Hall–Kier alpha value is -0.570. The minimum atomic E-state index is -0.692. The monoisotopic (exact) mass is 170 g/mol. The average molecular weight is 170 g/mol. The van der Waals surface area contributed by atoms with Gasteiger partial charge in [-0.05, 0) is 25.7 Å². The van der Waals surface area contributed by atoms with Crippen LogP contribution in [0.5, 0.6) is 0 Å². The van der Waals surface area contributed by atoms with Crippen LogP contribution < -0.4 is 11.1 Å². The summed E-state index contributed by atoms with van der Waals surface area (Å²) < 4.78 is 0. The summed E-state index contributed by atoms with van der Waals surface area (Å²) in [6.45, 7) is 5.83. The Kier molecular flexibility index (Phi) is 2.42. The highest BCUT2D eigenvalue weighted by molar-refractivity contribution is 5.86. The number of nitrogens with two attached hydrogens (primary N) is 1. The fourth-order valence-electron chi connectivity index (χ4n) is 1.02. The van der Waals surface area contributed by atoms with Crippen LogP contribution in [0.15, 0.2) is 0 Å². The molecule has 0 radical (unpaired) electrons. The average Bonchev–Trinajstić information content (AvgIpc) is 2.66. The summed E-state index contributed by atoms with van der Waals surface area (Å²) in [5.41, 5.74) is 5.08. The lowest BCUT2D eigenvalue weighted by Gasteiger charge is -2.21. The van der Waals surface area contributed by atoms with Crippen molar-refractivity contribution in [1.82, 2.24) is 5.32 Å². The van der Waals surface area contributed by atoms with E-state index in [0.29, 0.717) is 18.4 Å². The molecule has 0 aromatic carbocycles. The van der Waals surface area contributed by atoms with Crippen molar-refractivity contribution in [3.05, 3.63) is 0 Å². The summed E-state index contributed by atoms with van der Waals surface area (Å²) >= 11 is 0. The van der Waals surface area contributed by atoms with Gasteiger partial charge in [-0.1, -0.05) is 13.8 Å². The highest BCUT2D eigenvalue weighted by Gasteiger charge is 2.37. The number of nitrogens with one attached hydrogen (secondary N) is 1. The van der Waals surface area contributed by atoms with E-state index in [2.05, 4.69) is 12.2 Å². The first-order chi connectivity index (χ1) is 5.47. The fraction of sp³-hybridized carbons (Fsp3) is 0.889.